The highest BCUT2D eigenvalue weighted by molar-refractivity contribution is 6.73. The van der Waals surface area contributed by atoms with E-state index in [1.165, 1.54) is 0 Å². The van der Waals surface area contributed by atoms with E-state index in [2.05, 4.69) is 21.9 Å². The minimum absolute atomic E-state index is 0.161. The van der Waals surface area contributed by atoms with Crippen LogP contribution >= 0.6 is 0 Å². The lowest BCUT2D eigenvalue weighted by molar-refractivity contribution is 0.500. The fourth-order valence-corrected chi connectivity index (χ4v) is 0.762. The highest BCUT2D eigenvalue weighted by Gasteiger charge is 2.26. The first kappa shape index (κ1) is 10.6. The molecule has 0 atom stereocenters. The molecule has 0 saturated carbocycles. The minimum Gasteiger partial charge on any atom is -0.445 e. The predicted molar refractivity (Wildman–Crippen MR) is 49.4 cm³/mol. The topological polar surface area (TPSA) is 37.8 Å². The highest BCUT2D eigenvalue weighted by atomic mass is 19.4. The Bertz CT molecular complexity index is 309. The van der Waals surface area contributed by atoms with Crippen LogP contribution in [-0.4, -0.2) is 23.5 Å². The molecular weight excluding hydrogens is 194 g/mol. The molecular formula is C7H8BF3N3-. The van der Waals surface area contributed by atoms with Crippen LogP contribution in [0, 0.1) is 0 Å². The average molecular weight is 202 g/mol. The second kappa shape index (κ2) is 4.12. The van der Waals surface area contributed by atoms with Crippen molar-refractivity contribution in [3.05, 3.63) is 25.0 Å². The van der Waals surface area contributed by atoms with E-state index in [9.17, 15) is 12.9 Å². The van der Waals surface area contributed by atoms with Crippen molar-refractivity contribution in [2.75, 3.05) is 11.9 Å². The number of hydrogen-bond acceptors (Lipinski definition) is 3. The van der Waals surface area contributed by atoms with Crippen LogP contribution in [0.3, 0.4) is 0 Å². The number of halogens is 3. The van der Waals surface area contributed by atoms with Crippen molar-refractivity contribution in [1.29, 1.82) is 0 Å². The summed E-state index contributed by atoms with van der Waals surface area (Å²) in [5, 5.41) is 2.67. The van der Waals surface area contributed by atoms with Gasteiger partial charge in [0, 0.05) is 18.9 Å². The van der Waals surface area contributed by atoms with Gasteiger partial charge in [-0.25, -0.2) is 9.97 Å². The lowest BCUT2D eigenvalue weighted by atomic mass is 9.83. The highest BCUT2D eigenvalue weighted by Crippen LogP contribution is 2.07. The molecule has 7 heteroatoms. The summed E-state index contributed by atoms with van der Waals surface area (Å²) in [7, 11) is 0. The van der Waals surface area contributed by atoms with Crippen LogP contribution in [0.25, 0.3) is 0 Å². The summed E-state index contributed by atoms with van der Waals surface area (Å²) >= 11 is 0. The second-order valence-electron chi connectivity index (χ2n) is 2.58. The van der Waals surface area contributed by atoms with E-state index < -0.39 is 12.4 Å². The molecule has 0 unspecified atom stereocenters. The van der Waals surface area contributed by atoms with Crippen LogP contribution in [-0.2, 0) is 0 Å². The van der Waals surface area contributed by atoms with Crippen molar-refractivity contribution >= 4 is 18.4 Å². The largest absolute Gasteiger partial charge is 0.512 e. The molecule has 0 amide bonds. The molecule has 0 radical (unpaired) electrons. The Morgan fingerprint density at radius 2 is 1.93 bits per heavy atom. The van der Waals surface area contributed by atoms with E-state index in [1.54, 1.807) is 6.08 Å². The van der Waals surface area contributed by atoms with Crippen LogP contribution < -0.4 is 10.8 Å². The first-order chi connectivity index (χ1) is 6.54. The zero-order valence-corrected chi connectivity index (χ0v) is 7.25. The van der Waals surface area contributed by atoms with Gasteiger partial charge in [0.05, 0.1) is 0 Å². The number of rotatable bonds is 4. The maximum absolute atomic E-state index is 12.1. The molecule has 1 heterocycles. The first-order valence-corrected chi connectivity index (χ1v) is 3.90. The predicted octanol–water partition coefficient (Wildman–Crippen LogP) is 1.13. The van der Waals surface area contributed by atoms with Gasteiger partial charge in [-0.15, -0.1) is 6.58 Å². The monoisotopic (exact) mass is 202 g/mol. The van der Waals surface area contributed by atoms with Gasteiger partial charge >= 0.3 is 6.98 Å². The molecule has 0 spiro atoms. The number of nitrogens with one attached hydrogen (secondary N) is 1. The van der Waals surface area contributed by atoms with E-state index in [0.29, 0.717) is 6.54 Å². The molecule has 1 aromatic heterocycles. The van der Waals surface area contributed by atoms with Crippen molar-refractivity contribution in [2.45, 2.75) is 0 Å². The standard InChI is InChI=1S/C7H8BF3N3/c1-2-3-12-7-13-4-6(5-14-7)8(9,10)11/h2,4-5H,1,3H2,(H,12,13,14)/q-1. The number of aromatic nitrogens is 2. The van der Waals surface area contributed by atoms with Gasteiger partial charge in [0.2, 0.25) is 5.95 Å². The summed E-state index contributed by atoms with van der Waals surface area (Å²) in [6, 6.07) is 0. The minimum atomic E-state index is -5.01. The molecule has 14 heavy (non-hydrogen) atoms. The summed E-state index contributed by atoms with van der Waals surface area (Å²) in [5.41, 5.74) is -0.797. The zero-order valence-electron chi connectivity index (χ0n) is 7.25. The molecule has 76 valence electrons. The van der Waals surface area contributed by atoms with Crippen molar-refractivity contribution in [1.82, 2.24) is 9.97 Å². The van der Waals surface area contributed by atoms with Crippen LogP contribution in [0.4, 0.5) is 18.9 Å². The molecule has 0 aromatic carbocycles. The normalized spacial score (nSPS) is 11.1. The summed E-state index contributed by atoms with van der Waals surface area (Å²) < 4.78 is 36.4. The van der Waals surface area contributed by atoms with Crippen molar-refractivity contribution < 1.29 is 12.9 Å². The van der Waals surface area contributed by atoms with Gasteiger partial charge in [0.1, 0.15) is 0 Å². The van der Waals surface area contributed by atoms with Crippen LogP contribution in [0.1, 0.15) is 0 Å². The molecule has 1 aromatic rings. The molecule has 0 aliphatic heterocycles. The lowest BCUT2D eigenvalue weighted by Gasteiger charge is -2.13. The van der Waals surface area contributed by atoms with Crippen molar-refractivity contribution in [2.24, 2.45) is 0 Å². The van der Waals surface area contributed by atoms with Gasteiger partial charge in [-0.1, -0.05) is 11.5 Å². The van der Waals surface area contributed by atoms with E-state index in [4.69, 9.17) is 0 Å². The van der Waals surface area contributed by atoms with Gasteiger partial charge in [-0.05, 0) is 0 Å². The first-order valence-electron chi connectivity index (χ1n) is 3.90. The Morgan fingerprint density at radius 1 is 1.36 bits per heavy atom. The second-order valence-corrected chi connectivity index (χ2v) is 2.58. The fraction of sp³-hybridized carbons (Fsp3) is 0.143. The summed E-state index contributed by atoms with van der Waals surface area (Å²) in [5.74, 6) is 0.161. The smallest absolute Gasteiger partial charge is 0.445 e. The molecule has 0 bridgehead atoms. The van der Waals surface area contributed by atoms with Crippen LogP contribution in [0.5, 0.6) is 0 Å². The maximum atomic E-state index is 12.1. The Balaban J connectivity index is 2.73. The Morgan fingerprint density at radius 3 is 2.36 bits per heavy atom. The number of hydrogen-bond donors (Lipinski definition) is 1. The molecule has 1 rings (SSSR count). The third-order valence-electron chi connectivity index (χ3n) is 1.45. The summed E-state index contributed by atoms with van der Waals surface area (Å²) in [6.07, 6.45) is 3.09. The van der Waals surface area contributed by atoms with E-state index in [-0.39, 0.29) is 5.95 Å². The van der Waals surface area contributed by atoms with Gasteiger partial charge in [0.25, 0.3) is 0 Å². The SMILES string of the molecule is C=CCNc1ncc([B-](F)(F)F)cn1. The average Bonchev–Trinajstić information content (AvgIpc) is 2.14. The summed E-state index contributed by atoms with van der Waals surface area (Å²) in [4.78, 5) is 7.02. The molecule has 0 aliphatic rings. The third-order valence-corrected chi connectivity index (χ3v) is 1.45. The van der Waals surface area contributed by atoms with Gasteiger partial charge in [-0.2, -0.15) is 0 Å². The van der Waals surface area contributed by atoms with E-state index in [1.807, 2.05) is 0 Å². The van der Waals surface area contributed by atoms with Gasteiger partial charge < -0.3 is 18.3 Å². The molecule has 1 N–H and O–H groups in total. The zero-order chi connectivity index (χ0) is 10.6. The van der Waals surface area contributed by atoms with Crippen LogP contribution in [0.15, 0.2) is 25.0 Å². The Hall–Kier alpha value is -1.53. The number of nitrogens with zero attached hydrogens (tertiary/aromatic N) is 2. The van der Waals surface area contributed by atoms with E-state index >= 15 is 0 Å². The molecule has 0 saturated heterocycles. The summed E-state index contributed by atoms with van der Waals surface area (Å²) in [6.45, 7) is -1.16. The van der Waals surface area contributed by atoms with E-state index in [0.717, 1.165) is 12.4 Å². The molecule has 3 nitrogen and oxygen atoms in total. The van der Waals surface area contributed by atoms with Crippen LogP contribution in [0.2, 0.25) is 0 Å². The molecule has 0 aliphatic carbocycles. The van der Waals surface area contributed by atoms with Crippen molar-refractivity contribution in [3.8, 4) is 0 Å². The third kappa shape index (κ3) is 2.76. The quantitative estimate of drug-likeness (QED) is 0.587. The Labute approximate surface area is 79.1 Å². The van der Waals surface area contributed by atoms with Crippen molar-refractivity contribution in [3.63, 3.8) is 0 Å². The van der Waals surface area contributed by atoms with Gasteiger partial charge in [-0.3, -0.25) is 0 Å². The number of anilines is 1. The van der Waals surface area contributed by atoms with Gasteiger partial charge in [0.15, 0.2) is 0 Å². The molecule has 0 fully saturated rings. The maximum Gasteiger partial charge on any atom is 0.512 e. The lowest BCUT2D eigenvalue weighted by Crippen LogP contribution is -2.34. The fourth-order valence-electron chi connectivity index (χ4n) is 0.762. The Kier molecular flexibility index (Phi) is 3.11.